The van der Waals surface area contributed by atoms with Crippen LogP contribution in [0.25, 0.3) is 0 Å². The molecular weight excluding hydrogens is 180 g/mol. The van der Waals surface area contributed by atoms with Gasteiger partial charge in [0.15, 0.2) is 5.78 Å². The Morgan fingerprint density at radius 1 is 1.64 bits per heavy atom. The number of methoxy groups -OCH3 is 1. The molecule has 2 fully saturated rings. The number of Topliss-reactive ketones (excluding diaryl/α,β-unsaturated/α-hetero) is 1. The van der Waals surface area contributed by atoms with E-state index >= 15 is 0 Å². The number of hydrogen-bond acceptors (Lipinski definition) is 3. The van der Waals surface area contributed by atoms with Crippen molar-refractivity contribution in [2.24, 2.45) is 17.8 Å². The highest BCUT2D eigenvalue weighted by atomic mass is 16.7. The molecule has 1 saturated heterocycles. The van der Waals surface area contributed by atoms with Crippen LogP contribution in [-0.2, 0) is 14.3 Å². The predicted octanol–water partition coefficient (Wildman–Crippen LogP) is 1.14. The van der Waals surface area contributed by atoms with Gasteiger partial charge < -0.3 is 9.47 Å². The van der Waals surface area contributed by atoms with E-state index in [1.807, 2.05) is 6.92 Å². The zero-order valence-electron chi connectivity index (χ0n) is 8.45. The van der Waals surface area contributed by atoms with Crippen LogP contribution in [-0.4, -0.2) is 25.3 Å². The standard InChI is InChI=1S/C11H14O3/c1-6-3-9-7-4-8(6)10(12)11(9,13-2)14-5-7/h3,7-9H,4-5H2,1-2H3/t7-,8-,9+,11-/m1/s1. The Hall–Kier alpha value is -0.670. The molecule has 4 rings (SSSR count). The number of carbonyl (C=O) groups excluding carboxylic acids is 1. The Bertz CT molecular complexity index is 333. The second kappa shape index (κ2) is 2.47. The highest BCUT2D eigenvalue weighted by Gasteiger charge is 2.63. The first-order valence-corrected chi connectivity index (χ1v) is 5.11. The minimum absolute atomic E-state index is 0.0486. The lowest BCUT2D eigenvalue weighted by Gasteiger charge is -2.43. The van der Waals surface area contributed by atoms with Crippen molar-refractivity contribution in [1.82, 2.24) is 0 Å². The van der Waals surface area contributed by atoms with Crippen LogP contribution in [0.1, 0.15) is 13.3 Å². The summed E-state index contributed by atoms with van der Waals surface area (Å²) in [5, 5.41) is 0. The number of rotatable bonds is 1. The molecule has 0 unspecified atom stereocenters. The van der Waals surface area contributed by atoms with Gasteiger partial charge in [0.1, 0.15) is 0 Å². The Kier molecular flexibility index (Phi) is 1.52. The third-order valence-electron chi connectivity index (χ3n) is 3.95. The van der Waals surface area contributed by atoms with Crippen molar-refractivity contribution in [3.05, 3.63) is 11.6 Å². The lowest BCUT2D eigenvalue weighted by atomic mass is 9.64. The Labute approximate surface area is 83.1 Å². The van der Waals surface area contributed by atoms with Crippen LogP contribution in [0.2, 0.25) is 0 Å². The summed E-state index contributed by atoms with van der Waals surface area (Å²) in [5.74, 6) is -0.0925. The molecule has 1 heterocycles. The van der Waals surface area contributed by atoms with Gasteiger partial charge in [0.25, 0.3) is 0 Å². The molecule has 4 aliphatic rings. The van der Waals surface area contributed by atoms with Crippen molar-refractivity contribution in [2.45, 2.75) is 19.1 Å². The lowest BCUT2D eigenvalue weighted by molar-refractivity contribution is -0.215. The van der Waals surface area contributed by atoms with E-state index in [-0.39, 0.29) is 17.6 Å². The fourth-order valence-corrected chi connectivity index (χ4v) is 3.18. The van der Waals surface area contributed by atoms with Gasteiger partial charge in [-0.15, -0.1) is 0 Å². The first-order valence-electron chi connectivity index (χ1n) is 5.11. The maximum Gasteiger partial charge on any atom is 0.236 e. The number of hydrogen-bond donors (Lipinski definition) is 0. The summed E-state index contributed by atoms with van der Waals surface area (Å²) in [4.78, 5) is 12.1. The molecule has 0 aromatic rings. The van der Waals surface area contributed by atoms with E-state index in [0.29, 0.717) is 12.5 Å². The highest BCUT2D eigenvalue weighted by Crippen LogP contribution is 2.53. The van der Waals surface area contributed by atoms with E-state index < -0.39 is 5.79 Å². The predicted molar refractivity (Wildman–Crippen MR) is 49.5 cm³/mol. The van der Waals surface area contributed by atoms with E-state index in [9.17, 15) is 4.79 Å². The number of carbonyl (C=O) groups is 1. The van der Waals surface area contributed by atoms with E-state index in [1.165, 1.54) is 5.57 Å². The smallest absolute Gasteiger partial charge is 0.236 e. The van der Waals surface area contributed by atoms with Gasteiger partial charge >= 0.3 is 0 Å². The third-order valence-corrected chi connectivity index (χ3v) is 3.95. The molecule has 0 aromatic heterocycles. The van der Waals surface area contributed by atoms with Crippen molar-refractivity contribution < 1.29 is 14.3 Å². The summed E-state index contributed by atoms with van der Waals surface area (Å²) in [5.41, 5.74) is 1.20. The summed E-state index contributed by atoms with van der Waals surface area (Å²) in [7, 11) is 1.57. The Morgan fingerprint density at radius 3 is 3.14 bits per heavy atom. The van der Waals surface area contributed by atoms with E-state index in [1.54, 1.807) is 7.11 Å². The molecule has 4 bridgehead atoms. The first-order chi connectivity index (χ1) is 6.69. The lowest BCUT2D eigenvalue weighted by Crippen LogP contribution is -2.55. The number of ketones is 1. The second-order valence-corrected chi connectivity index (χ2v) is 4.53. The normalized spacial score (nSPS) is 49.7. The average Bonchev–Trinajstić information content (AvgIpc) is 2.48. The van der Waals surface area contributed by atoms with Gasteiger partial charge in [-0.25, -0.2) is 0 Å². The highest BCUT2D eigenvalue weighted by molar-refractivity contribution is 5.93. The van der Waals surface area contributed by atoms with E-state index in [2.05, 4.69) is 6.08 Å². The maximum atomic E-state index is 12.1. The zero-order chi connectivity index (χ0) is 9.92. The Morgan fingerprint density at radius 2 is 2.43 bits per heavy atom. The van der Waals surface area contributed by atoms with Gasteiger partial charge in [-0.2, -0.15) is 0 Å². The summed E-state index contributed by atoms with van der Waals surface area (Å²) in [6, 6.07) is 0. The van der Waals surface area contributed by atoms with Crippen LogP contribution in [0.5, 0.6) is 0 Å². The van der Waals surface area contributed by atoms with Crippen LogP contribution >= 0.6 is 0 Å². The van der Waals surface area contributed by atoms with Gasteiger partial charge in [0, 0.05) is 18.9 Å². The molecule has 3 aliphatic carbocycles. The number of ether oxygens (including phenoxy) is 2. The summed E-state index contributed by atoms with van der Waals surface area (Å²) < 4.78 is 10.9. The molecular formula is C11H14O3. The Balaban J connectivity index is 2.15. The van der Waals surface area contributed by atoms with Crippen molar-refractivity contribution >= 4 is 5.78 Å². The summed E-state index contributed by atoms with van der Waals surface area (Å²) >= 11 is 0. The largest absolute Gasteiger partial charge is 0.347 e. The molecule has 3 heteroatoms. The molecule has 1 saturated carbocycles. The van der Waals surface area contributed by atoms with Gasteiger partial charge in [-0.1, -0.05) is 11.6 Å². The number of allylic oxidation sites excluding steroid dienone is 1. The molecule has 14 heavy (non-hydrogen) atoms. The van der Waals surface area contributed by atoms with Crippen LogP contribution in [0.3, 0.4) is 0 Å². The minimum Gasteiger partial charge on any atom is -0.347 e. The zero-order valence-corrected chi connectivity index (χ0v) is 8.45. The molecule has 76 valence electrons. The fourth-order valence-electron chi connectivity index (χ4n) is 3.18. The van der Waals surface area contributed by atoms with Crippen molar-refractivity contribution in [1.29, 1.82) is 0 Å². The third kappa shape index (κ3) is 0.743. The minimum atomic E-state index is -0.924. The van der Waals surface area contributed by atoms with Gasteiger partial charge in [-0.05, 0) is 19.3 Å². The quantitative estimate of drug-likeness (QED) is 0.587. The maximum absolute atomic E-state index is 12.1. The van der Waals surface area contributed by atoms with Crippen LogP contribution in [0, 0.1) is 17.8 Å². The van der Waals surface area contributed by atoms with Crippen molar-refractivity contribution in [3.8, 4) is 0 Å². The molecule has 0 aromatic carbocycles. The average molecular weight is 194 g/mol. The van der Waals surface area contributed by atoms with Crippen LogP contribution < -0.4 is 0 Å². The van der Waals surface area contributed by atoms with E-state index in [0.717, 1.165) is 6.42 Å². The summed E-state index contributed by atoms with van der Waals surface area (Å²) in [6.07, 6.45) is 3.13. The van der Waals surface area contributed by atoms with Crippen molar-refractivity contribution in [2.75, 3.05) is 13.7 Å². The van der Waals surface area contributed by atoms with Crippen LogP contribution in [0.4, 0.5) is 0 Å². The molecule has 0 amide bonds. The van der Waals surface area contributed by atoms with Crippen molar-refractivity contribution in [3.63, 3.8) is 0 Å². The first kappa shape index (κ1) is 8.62. The molecule has 1 aliphatic heterocycles. The van der Waals surface area contributed by atoms with Gasteiger partial charge in [0.05, 0.1) is 6.61 Å². The molecule has 4 atom stereocenters. The van der Waals surface area contributed by atoms with E-state index in [4.69, 9.17) is 9.47 Å². The molecule has 3 nitrogen and oxygen atoms in total. The molecule has 0 radical (unpaired) electrons. The molecule has 0 N–H and O–H groups in total. The fraction of sp³-hybridized carbons (Fsp3) is 0.727. The monoisotopic (exact) mass is 194 g/mol. The molecule has 0 spiro atoms. The summed E-state index contributed by atoms with van der Waals surface area (Å²) in [6.45, 7) is 2.71. The SMILES string of the molecule is CO[C@]12OC[C@H]3C[C@@H](C1=O)C(C)=C[C@@H]32. The second-order valence-electron chi connectivity index (χ2n) is 4.53. The van der Waals surface area contributed by atoms with Gasteiger partial charge in [-0.3, -0.25) is 4.79 Å². The topological polar surface area (TPSA) is 35.5 Å². The van der Waals surface area contributed by atoms with Gasteiger partial charge in [0.2, 0.25) is 5.79 Å². The van der Waals surface area contributed by atoms with Crippen LogP contribution in [0.15, 0.2) is 11.6 Å².